The summed E-state index contributed by atoms with van der Waals surface area (Å²) < 4.78 is 14.0. The van der Waals surface area contributed by atoms with Gasteiger partial charge in [-0.2, -0.15) is 0 Å². The van der Waals surface area contributed by atoms with Gasteiger partial charge in [0.1, 0.15) is 5.82 Å². The SMILES string of the molecule is C=CC.CCCC(CC)Nc1ccccc1.CNN.Cc1cccc(F)c1C(=O)N1CCCc2ccccc21. The first-order chi connectivity index (χ1) is 18.9. The molecule has 0 aliphatic carbocycles. The minimum atomic E-state index is -0.446. The Kier molecular flexibility index (Phi) is 16.8. The van der Waals surface area contributed by atoms with E-state index < -0.39 is 5.82 Å². The Morgan fingerprint density at radius 1 is 1.08 bits per heavy atom. The summed E-state index contributed by atoms with van der Waals surface area (Å²) in [6.07, 6.45) is 7.33. The van der Waals surface area contributed by atoms with Crippen molar-refractivity contribution in [2.45, 2.75) is 65.8 Å². The Hall–Kier alpha value is -3.48. The predicted molar refractivity (Wildman–Crippen MR) is 166 cm³/mol. The van der Waals surface area contributed by atoms with Gasteiger partial charge in [0.2, 0.25) is 0 Å². The van der Waals surface area contributed by atoms with Gasteiger partial charge in [-0.25, -0.2) is 4.39 Å². The second-order valence-corrected chi connectivity index (χ2v) is 9.22. The van der Waals surface area contributed by atoms with Crippen LogP contribution in [-0.2, 0) is 6.42 Å². The van der Waals surface area contributed by atoms with Gasteiger partial charge in [-0.3, -0.25) is 16.1 Å². The van der Waals surface area contributed by atoms with Gasteiger partial charge in [-0.05, 0) is 82.0 Å². The number of hydrogen-bond acceptors (Lipinski definition) is 4. The van der Waals surface area contributed by atoms with Crippen molar-refractivity contribution in [2.24, 2.45) is 5.84 Å². The quantitative estimate of drug-likeness (QED) is 0.172. The molecule has 0 fully saturated rings. The monoisotopic (exact) mass is 534 g/mol. The molecule has 1 heterocycles. The van der Waals surface area contributed by atoms with Crippen molar-refractivity contribution in [3.63, 3.8) is 0 Å². The van der Waals surface area contributed by atoms with Crippen LogP contribution in [0.1, 0.15) is 67.9 Å². The maximum Gasteiger partial charge on any atom is 0.261 e. The topological polar surface area (TPSA) is 70.4 Å². The fourth-order valence-electron chi connectivity index (χ4n) is 4.28. The molecule has 1 atom stereocenters. The summed E-state index contributed by atoms with van der Waals surface area (Å²) in [5.41, 5.74) is 6.41. The summed E-state index contributed by atoms with van der Waals surface area (Å²) in [4.78, 5) is 14.4. The number of aryl methyl sites for hydroxylation is 2. The highest BCUT2D eigenvalue weighted by Crippen LogP contribution is 2.29. The van der Waals surface area contributed by atoms with Crippen molar-refractivity contribution in [1.82, 2.24) is 5.43 Å². The van der Waals surface area contributed by atoms with Crippen LogP contribution in [0.5, 0.6) is 0 Å². The van der Waals surface area contributed by atoms with Crippen molar-refractivity contribution in [3.05, 3.63) is 108 Å². The van der Waals surface area contributed by atoms with Crippen LogP contribution < -0.4 is 21.5 Å². The number of fused-ring (bicyclic) bond motifs is 1. The number of hydrazine groups is 1. The third kappa shape index (κ3) is 11.4. The zero-order chi connectivity index (χ0) is 29.0. The lowest BCUT2D eigenvalue weighted by Gasteiger charge is -2.30. The summed E-state index contributed by atoms with van der Waals surface area (Å²) in [6.45, 7) is 12.1. The first-order valence-corrected chi connectivity index (χ1v) is 13.8. The molecular weight excluding hydrogens is 487 g/mol. The van der Waals surface area contributed by atoms with Crippen molar-refractivity contribution in [1.29, 1.82) is 0 Å². The molecule has 1 unspecified atom stereocenters. The number of anilines is 2. The molecule has 4 N–H and O–H groups in total. The number of hydrogen-bond donors (Lipinski definition) is 3. The minimum absolute atomic E-state index is 0.184. The highest BCUT2D eigenvalue weighted by molar-refractivity contribution is 6.07. The lowest BCUT2D eigenvalue weighted by molar-refractivity contribution is 0.0980. The smallest absolute Gasteiger partial charge is 0.261 e. The van der Waals surface area contributed by atoms with Crippen molar-refractivity contribution < 1.29 is 9.18 Å². The van der Waals surface area contributed by atoms with E-state index in [1.54, 1.807) is 37.1 Å². The Morgan fingerprint density at radius 2 is 1.69 bits per heavy atom. The molecule has 0 saturated carbocycles. The normalized spacial score (nSPS) is 12.1. The number of rotatable bonds is 6. The van der Waals surface area contributed by atoms with Gasteiger partial charge in [0.25, 0.3) is 5.91 Å². The summed E-state index contributed by atoms with van der Waals surface area (Å²) in [5, 5.41) is 3.53. The number of nitrogens with two attached hydrogens (primary N) is 1. The molecule has 3 aromatic carbocycles. The zero-order valence-corrected chi connectivity index (χ0v) is 24.3. The first-order valence-electron chi connectivity index (χ1n) is 13.8. The number of halogens is 1. The molecule has 1 aliphatic heterocycles. The van der Waals surface area contributed by atoms with Gasteiger partial charge in [0.05, 0.1) is 5.56 Å². The average molecular weight is 535 g/mol. The van der Waals surface area contributed by atoms with E-state index in [0.717, 1.165) is 24.1 Å². The predicted octanol–water partition coefficient (Wildman–Crippen LogP) is 7.68. The number of carbonyl (C=O) groups excluding carboxylic acids is 1. The summed E-state index contributed by atoms with van der Waals surface area (Å²) in [5.74, 6) is 3.91. The fraction of sp³-hybridized carbons (Fsp3) is 0.364. The minimum Gasteiger partial charge on any atom is -0.382 e. The maximum atomic E-state index is 14.0. The van der Waals surface area contributed by atoms with Gasteiger partial charge in [0.15, 0.2) is 0 Å². The number of para-hydroxylation sites is 2. The number of allylic oxidation sites excluding steroid dienone is 1. The molecule has 212 valence electrons. The number of nitrogens with zero attached hydrogens (tertiary/aromatic N) is 1. The van der Waals surface area contributed by atoms with Crippen LogP contribution in [0.3, 0.4) is 0 Å². The Labute approximate surface area is 235 Å². The molecule has 6 heteroatoms. The number of carbonyl (C=O) groups is 1. The van der Waals surface area contributed by atoms with E-state index in [1.807, 2.05) is 37.3 Å². The Bertz CT molecular complexity index is 1080. The maximum absolute atomic E-state index is 14.0. The first kappa shape index (κ1) is 33.5. The average Bonchev–Trinajstić information content (AvgIpc) is 2.94. The molecule has 5 nitrogen and oxygen atoms in total. The lowest BCUT2D eigenvalue weighted by Crippen LogP contribution is -2.36. The summed E-state index contributed by atoms with van der Waals surface area (Å²) in [7, 11) is 1.65. The molecule has 1 amide bonds. The van der Waals surface area contributed by atoms with Crippen molar-refractivity contribution >= 4 is 17.3 Å². The van der Waals surface area contributed by atoms with Gasteiger partial charge in [0, 0.05) is 24.0 Å². The van der Waals surface area contributed by atoms with Crippen LogP contribution in [0.4, 0.5) is 15.8 Å². The third-order valence-corrected chi connectivity index (χ3v) is 6.07. The Morgan fingerprint density at radius 3 is 2.28 bits per heavy atom. The number of amides is 1. The van der Waals surface area contributed by atoms with Crippen LogP contribution in [-0.4, -0.2) is 25.5 Å². The molecule has 1 aliphatic rings. The van der Waals surface area contributed by atoms with Gasteiger partial charge in [-0.1, -0.05) is 74.9 Å². The van der Waals surface area contributed by atoms with Crippen LogP contribution in [0.2, 0.25) is 0 Å². The van der Waals surface area contributed by atoms with Crippen LogP contribution >= 0.6 is 0 Å². The molecule has 0 saturated heterocycles. The molecule has 0 bridgehead atoms. The molecule has 4 rings (SSSR count). The molecular formula is C33H47FN4O. The fourth-order valence-corrected chi connectivity index (χ4v) is 4.28. The van der Waals surface area contributed by atoms with Gasteiger partial charge in [-0.15, -0.1) is 6.58 Å². The second kappa shape index (κ2) is 19.6. The Balaban J connectivity index is 0.000000345. The molecule has 0 spiro atoms. The van der Waals surface area contributed by atoms with E-state index >= 15 is 0 Å². The van der Waals surface area contributed by atoms with E-state index in [-0.39, 0.29) is 11.5 Å². The largest absolute Gasteiger partial charge is 0.382 e. The van der Waals surface area contributed by atoms with Gasteiger partial charge >= 0.3 is 0 Å². The van der Waals surface area contributed by atoms with Gasteiger partial charge < -0.3 is 10.2 Å². The van der Waals surface area contributed by atoms with Crippen LogP contribution in [0.15, 0.2) is 85.5 Å². The summed E-state index contributed by atoms with van der Waals surface area (Å²) in [6, 6.07) is 23.7. The van der Waals surface area contributed by atoms with Crippen molar-refractivity contribution in [3.8, 4) is 0 Å². The number of nitrogens with one attached hydrogen (secondary N) is 2. The van der Waals surface area contributed by atoms with E-state index in [9.17, 15) is 9.18 Å². The second-order valence-electron chi connectivity index (χ2n) is 9.22. The lowest BCUT2D eigenvalue weighted by atomic mass is 9.99. The molecule has 3 aromatic rings. The number of benzene rings is 3. The highest BCUT2D eigenvalue weighted by Gasteiger charge is 2.26. The van der Waals surface area contributed by atoms with Crippen LogP contribution in [0, 0.1) is 12.7 Å². The van der Waals surface area contributed by atoms with Crippen molar-refractivity contribution in [2.75, 3.05) is 23.8 Å². The molecule has 0 aromatic heterocycles. The van der Waals surface area contributed by atoms with E-state index in [4.69, 9.17) is 0 Å². The van der Waals surface area contributed by atoms with Crippen LogP contribution in [0.25, 0.3) is 0 Å². The zero-order valence-electron chi connectivity index (χ0n) is 24.3. The van der Waals surface area contributed by atoms with E-state index in [2.05, 4.69) is 61.3 Å². The highest BCUT2D eigenvalue weighted by atomic mass is 19.1. The molecule has 0 radical (unpaired) electrons. The van der Waals surface area contributed by atoms with E-state index in [1.165, 1.54) is 31.0 Å². The standard InChI is InChI=1S/C17H16FNO.C12H19N.C3H6.CH6N2/c1-12-6-4-9-14(18)16(12)17(20)19-11-5-8-13-7-2-3-10-15(13)19;1-3-8-11(4-2)13-12-9-6-5-7-10-12;2*1-3-2/h2-4,6-7,9-10H,5,8,11H2,1H3;5-7,9-11,13H,3-4,8H2,1-2H3;3H,1H2,2H3;3H,2H2,1H3. The third-order valence-electron chi connectivity index (χ3n) is 6.07. The van der Waals surface area contributed by atoms with E-state index in [0.29, 0.717) is 18.2 Å². The summed E-state index contributed by atoms with van der Waals surface area (Å²) >= 11 is 0. The molecule has 39 heavy (non-hydrogen) atoms.